The van der Waals surface area contributed by atoms with Gasteiger partial charge in [0.15, 0.2) is 5.78 Å². The molecule has 1 rings (SSSR count). The Hall–Kier alpha value is -1.97. The first-order chi connectivity index (χ1) is 7.09. The molecule has 15 heavy (non-hydrogen) atoms. The van der Waals surface area contributed by atoms with E-state index in [1.807, 2.05) is 0 Å². The summed E-state index contributed by atoms with van der Waals surface area (Å²) in [7, 11) is 0. The van der Waals surface area contributed by atoms with Crippen molar-refractivity contribution in [2.24, 2.45) is 5.73 Å². The summed E-state index contributed by atoms with van der Waals surface area (Å²) < 4.78 is 0. The van der Waals surface area contributed by atoms with Gasteiger partial charge in [-0.15, -0.1) is 0 Å². The molecule has 1 aromatic heterocycles. The minimum absolute atomic E-state index is 0.0346. The number of carbonyl (C=O) groups is 2. The fourth-order valence-corrected chi connectivity index (χ4v) is 1.05. The lowest BCUT2D eigenvalue weighted by Crippen LogP contribution is -2.07. The quantitative estimate of drug-likeness (QED) is 0.748. The molecular formula is C11H12N2O2. The fraction of sp³-hybridized carbons (Fsp3) is 0.182. The van der Waals surface area contributed by atoms with E-state index in [0.717, 1.165) is 5.56 Å². The van der Waals surface area contributed by atoms with Crippen LogP contribution in [-0.2, 0) is 4.79 Å². The summed E-state index contributed by atoms with van der Waals surface area (Å²) >= 11 is 0. The van der Waals surface area contributed by atoms with Crippen LogP contribution in [0.25, 0.3) is 6.08 Å². The first-order valence-electron chi connectivity index (χ1n) is 4.50. The number of aromatic nitrogens is 1. The fourth-order valence-electron chi connectivity index (χ4n) is 1.05. The molecule has 1 amide bonds. The molecule has 0 aromatic carbocycles. The molecule has 4 heteroatoms. The van der Waals surface area contributed by atoms with E-state index in [0.29, 0.717) is 5.56 Å². The molecule has 0 saturated heterocycles. The Morgan fingerprint density at radius 3 is 2.80 bits per heavy atom. The van der Waals surface area contributed by atoms with Crippen LogP contribution in [0.3, 0.4) is 0 Å². The minimum Gasteiger partial charge on any atom is -0.369 e. The monoisotopic (exact) mass is 204 g/mol. The van der Waals surface area contributed by atoms with Crippen LogP contribution < -0.4 is 5.73 Å². The molecule has 0 bridgehead atoms. The summed E-state index contributed by atoms with van der Waals surface area (Å²) in [5, 5.41) is 0. The third-order valence-corrected chi connectivity index (χ3v) is 1.80. The number of primary amides is 1. The van der Waals surface area contributed by atoms with Crippen molar-refractivity contribution in [3.63, 3.8) is 0 Å². The van der Waals surface area contributed by atoms with Gasteiger partial charge in [-0.05, 0) is 18.6 Å². The van der Waals surface area contributed by atoms with Gasteiger partial charge in [0.25, 0.3) is 0 Å². The number of nitrogens with zero attached hydrogens (tertiary/aromatic N) is 1. The number of carbonyl (C=O) groups excluding carboxylic acids is 2. The highest BCUT2D eigenvalue weighted by atomic mass is 16.1. The summed E-state index contributed by atoms with van der Waals surface area (Å²) in [6.45, 7) is 1.48. The molecule has 0 spiro atoms. The van der Waals surface area contributed by atoms with E-state index in [9.17, 15) is 9.59 Å². The van der Waals surface area contributed by atoms with Gasteiger partial charge in [-0.25, -0.2) is 0 Å². The molecule has 0 aliphatic rings. The highest BCUT2D eigenvalue weighted by molar-refractivity contribution is 5.94. The maximum atomic E-state index is 11.0. The summed E-state index contributed by atoms with van der Waals surface area (Å²) in [5.41, 5.74) is 6.31. The van der Waals surface area contributed by atoms with E-state index in [2.05, 4.69) is 4.98 Å². The summed E-state index contributed by atoms with van der Waals surface area (Å²) in [4.78, 5) is 25.4. The number of hydrogen-bond acceptors (Lipinski definition) is 3. The molecule has 1 aromatic rings. The number of nitrogens with two attached hydrogens (primary N) is 1. The van der Waals surface area contributed by atoms with Gasteiger partial charge >= 0.3 is 0 Å². The summed E-state index contributed by atoms with van der Waals surface area (Å²) in [5.74, 6) is -0.422. The van der Waals surface area contributed by atoms with Crippen LogP contribution in [0, 0.1) is 0 Å². The lowest BCUT2D eigenvalue weighted by atomic mass is 10.1. The van der Waals surface area contributed by atoms with Crippen molar-refractivity contribution in [2.75, 3.05) is 0 Å². The molecule has 0 aliphatic carbocycles. The predicted molar refractivity (Wildman–Crippen MR) is 57.1 cm³/mol. The summed E-state index contributed by atoms with van der Waals surface area (Å²) in [6.07, 6.45) is 6.66. The van der Waals surface area contributed by atoms with Gasteiger partial charge in [0, 0.05) is 24.4 Å². The molecule has 2 N–H and O–H groups in total. The molecule has 0 unspecified atom stereocenters. The van der Waals surface area contributed by atoms with Crippen molar-refractivity contribution in [2.45, 2.75) is 13.3 Å². The van der Waals surface area contributed by atoms with Crippen LogP contribution in [0.5, 0.6) is 0 Å². The van der Waals surface area contributed by atoms with Crippen molar-refractivity contribution in [3.05, 3.63) is 35.7 Å². The largest absolute Gasteiger partial charge is 0.369 e. The Morgan fingerprint density at radius 1 is 1.47 bits per heavy atom. The van der Waals surface area contributed by atoms with Crippen molar-refractivity contribution < 1.29 is 9.59 Å². The molecule has 78 valence electrons. The smallest absolute Gasteiger partial charge is 0.221 e. The number of amides is 1. The van der Waals surface area contributed by atoms with Crippen LogP contribution in [0.4, 0.5) is 0 Å². The summed E-state index contributed by atoms with van der Waals surface area (Å²) in [6, 6.07) is 1.72. The molecule has 0 saturated carbocycles. The van der Waals surface area contributed by atoms with E-state index in [4.69, 9.17) is 5.73 Å². The number of ketones is 1. The standard InChI is InChI=1S/C11H12N2O2/c1-8(14)10-5-9(6-13-7-10)3-2-4-11(12)15/h2-3,5-7H,4H2,1H3,(H2,12,15). The van der Waals surface area contributed by atoms with Crippen LogP contribution in [0.15, 0.2) is 24.5 Å². The number of hydrogen-bond donors (Lipinski definition) is 1. The second-order valence-electron chi connectivity index (χ2n) is 3.14. The lowest BCUT2D eigenvalue weighted by molar-refractivity contribution is -0.117. The third-order valence-electron chi connectivity index (χ3n) is 1.80. The van der Waals surface area contributed by atoms with Gasteiger partial charge in [-0.3, -0.25) is 14.6 Å². The van der Waals surface area contributed by atoms with E-state index >= 15 is 0 Å². The zero-order chi connectivity index (χ0) is 11.3. The number of Topliss-reactive ketones (excluding diaryl/α,β-unsaturated/α-hetero) is 1. The average molecular weight is 204 g/mol. The molecular weight excluding hydrogens is 192 g/mol. The molecule has 0 aliphatic heterocycles. The molecule has 0 atom stereocenters. The van der Waals surface area contributed by atoms with Gasteiger partial charge in [0.2, 0.25) is 5.91 Å². The van der Waals surface area contributed by atoms with E-state index in [1.165, 1.54) is 13.1 Å². The minimum atomic E-state index is -0.387. The normalized spacial score (nSPS) is 10.5. The van der Waals surface area contributed by atoms with E-state index < -0.39 is 0 Å². The van der Waals surface area contributed by atoms with Gasteiger partial charge in [0.1, 0.15) is 0 Å². The second-order valence-corrected chi connectivity index (χ2v) is 3.14. The van der Waals surface area contributed by atoms with Crippen LogP contribution >= 0.6 is 0 Å². The van der Waals surface area contributed by atoms with Crippen LogP contribution in [0.2, 0.25) is 0 Å². The van der Waals surface area contributed by atoms with Crippen molar-refractivity contribution in [1.82, 2.24) is 4.98 Å². The maximum absolute atomic E-state index is 11.0. The zero-order valence-corrected chi connectivity index (χ0v) is 8.43. The third kappa shape index (κ3) is 3.72. The highest BCUT2D eigenvalue weighted by Gasteiger charge is 1.99. The lowest BCUT2D eigenvalue weighted by Gasteiger charge is -1.96. The highest BCUT2D eigenvalue weighted by Crippen LogP contribution is 2.05. The van der Waals surface area contributed by atoms with Crippen molar-refractivity contribution in [3.8, 4) is 0 Å². The Balaban J connectivity index is 2.78. The second kappa shape index (κ2) is 5.05. The number of pyridine rings is 1. The number of rotatable bonds is 4. The molecule has 1 heterocycles. The predicted octanol–water partition coefficient (Wildman–Crippen LogP) is 1.17. The zero-order valence-electron chi connectivity index (χ0n) is 8.43. The van der Waals surface area contributed by atoms with Crippen molar-refractivity contribution in [1.29, 1.82) is 0 Å². The van der Waals surface area contributed by atoms with Crippen LogP contribution in [-0.4, -0.2) is 16.7 Å². The molecule has 0 fully saturated rings. The Morgan fingerprint density at radius 2 is 2.20 bits per heavy atom. The first kappa shape index (κ1) is 11.1. The molecule has 0 radical (unpaired) electrons. The van der Waals surface area contributed by atoms with Crippen molar-refractivity contribution >= 4 is 17.8 Å². The van der Waals surface area contributed by atoms with Gasteiger partial charge < -0.3 is 5.73 Å². The Labute approximate surface area is 87.8 Å². The molecule has 4 nitrogen and oxygen atoms in total. The SMILES string of the molecule is CC(=O)c1cncc(C=CCC(N)=O)c1. The Kier molecular flexibility index (Phi) is 3.74. The topological polar surface area (TPSA) is 73.1 Å². The van der Waals surface area contributed by atoms with Gasteiger partial charge in [-0.1, -0.05) is 12.2 Å². The maximum Gasteiger partial charge on any atom is 0.221 e. The van der Waals surface area contributed by atoms with Crippen LogP contribution in [0.1, 0.15) is 29.3 Å². The van der Waals surface area contributed by atoms with Gasteiger partial charge in [0.05, 0.1) is 0 Å². The van der Waals surface area contributed by atoms with E-state index in [-0.39, 0.29) is 18.1 Å². The van der Waals surface area contributed by atoms with Gasteiger partial charge in [-0.2, -0.15) is 0 Å². The Bertz CT molecular complexity index is 411. The van der Waals surface area contributed by atoms with E-state index in [1.54, 1.807) is 24.4 Å². The first-order valence-corrected chi connectivity index (χ1v) is 4.50. The average Bonchev–Trinajstić information content (AvgIpc) is 2.17.